The number of nitriles is 1. The number of oxime groups is 1. The molecule has 4 rings (SSSR count). The van der Waals surface area contributed by atoms with E-state index in [-0.39, 0.29) is 20.6 Å². The number of hydrogen-bond acceptors (Lipinski definition) is 9. The fourth-order valence-electron chi connectivity index (χ4n) is 3.35. The van der Waals surface area contributed by atoms with Crippen LogP contribution in [0.5, 0.6) is 5.75 Å². The van der Waals surface area contributed by atoms with Gasteiger partial charge >= 0.3 is 20.2 Å². The molecule has 188 valence electrons. The highest BCUT2D eigenvalue weighted by Crippen LogP contribution is 2.32. The first-order chi connectivity index (χ1) is 17.6. The molecular formula is C26H20N2O6S3. The summed E-state index contributed by atoms with van der Waals surface area (Å²) in [6, 6.07) is 20.4. The summed E-state index contributed by atoms with van der Waals surface area (Å²) in [6.45, 7) is 3.70. The van der Waals surface area contributed by atoms with Crippen molar-refractivity contribution in [1.29, 1.82) is 5.26 Å². The molecule has 8 nitrogen and oxygen atoms in total. The normalized spacial score (nSPS) is 15.9. The van der Waals surface area contributed by atoms with Crippen LogP contribution in [0, 0.1) is 25.2 Å². The minimum atomic E-state index is -4.33. The highest BCUT2D eigenvalue weighted by atomic mass is 32.2. The largest absolute Gasteiger partial charge is 0.379 e. The van der Waals surface area contributed by atoms with Crippen LogP contribution in [0.2, 0.25) is 0 Å². The lowest BCUT2D eigenvalue weighted by Gasteiger charge is -2.09. The summed E-state index contributed by atoms with van der Waals surface area (Å²) >= 11 is 1.12. The monoisotopic (exact) mass is 552 g/mol. The molecule has 0 unspecified atom stereocenters. The topological polar surface area (TPSA) is 123 Å². The van der Waals surface area contributed by atoms with E-state index in [9.17, 15) is 22.1 Å². The molecule has 0 saturated carbocycles. The van der Waals surface area contributed by atoms with E-state index in [0.29, 0.717) is 16.7 Å². The minimum Gasteiger partial charge on any atom is -0.379 e. The molecule has 0 spiro atoms. The Kier molecular flexibility index (Phi) is 7.54. The second-order valence-electron chi connectivity index (χ2n) is 7.88. The molecule has 1 heterocycles. The van der Waals surface area contributed by atoms with E-state index in [1.807, 2.05) is 32.0 Å². The van der Waals surface area contributed by atoms with Gasteiger partial charge in [0.15, 0.2) is 0 Å². The number of rotatable bonds is 7. The van der Waals surface area contributed by atoms with E-state index in [1.165, 1.54) is 24.3 Å². The predicted molar refractivity (Wildman–Crippen MR) is 142 cm³/mol. The number of hydrogen-bond donors (Lipinski definition) is 0. The van der Waals surface area contributed by atoms with E-state index in [0.717, 1.165) is 35.0 Å². The summed E-state index contributed by atoms with van der Waals surface area (Å²) in [5.74, 6) is -0.0662. The van der Waals surface area contributed by atoms with Crippen LogP contribution >= 0.6 is 11.8 Å². The standard InChI is InChI=1S/C26H20N2O6S3/c1-18-7-11-21(12-8-18)36(29,30)33-20-9-13-22(14-10-20)37(31,32)34-28-26-24(15-16-35-26)25(17-27)23-6-4-3-5-19(23)2/h3-16H,1-2H3. The third-order valence-electron chi connectivity index (χ3n) is 5.29. The molecular weight excluding hydrogens is 532 g/mol. The van der Waals surface area contributed by atoms with Gasteiger partial charge in [-0.15, -0.1) is 0 Å². The molecule has 0 aromatic heterocycles. The van der Waals surface area contributed by atoms with Gasteiger partial charge in [-0.3, -0.25) is 4.28 Å². The summed E-state index contributed by atoms with van der Waals surface area (Å²) < 4.78 is 60.3. The summed E-state index contributed by atoms with van der Waals surface area (Å²) in [5, 5.41) is 15.5. The smallest absolute Gasteiger partial charge is 0.358 e. The van der Waals surface area contributed by atoms with E-state index in [1.54, 1.807) is 29.7 Å². The number of benzene rings is 3. The first kappa shape index (κ1) is 26.2. The van der Waals surface area contributed by atoms with Gasteiger partial charge in [0.05, 0.1) is 5.57 Å². The molecule has 11 heteroatoms. The number of aryl methyl sites for hydroxylation is 2. The zero-order valence-electron chi connectivity index (χ0n) is 19.7. The zero-order valence-corrected chi connectivity index (χ0v) is 22.1. The summed E-state index contributed by atoms with van der Waals surface area (Å²) in [5.41, 5.74) is 3.28. The molecule has 0 saturated heterocycles. The van der Waals surface area contributed by atoms with Gasteiger partial charge in [0.25, 0.3) is 0 Å². The summed E-state index contributed by atoms with van der Waals surface area (Å²) in [6.07, 6.45) is 1.67. The predicted octanol–water partition coefficient (Wildman–Crippen LogP) is 5.33. The SMILES string of the molecule is Cc1ccc(S(=O)(=O)Oc2ccc(S(=O)(=O)ON=C3SC=CC3=C(C#N)c3ccccc3C)cc2)cc1. The van der Waals surface area contributed by atoms with E-state index >= 15 is 0 Å². The van der Waals surface area contributed by atoms with Crippen molar-refractivity contribution in [2.24, 2.45) is 5.16 Å². The molecule has 0 aliphatic carbocycles. The molecule has 0 atom stereocenters. The van der Waals surface area contributed by atoms with Crippen LogP contribution < -0.4 is 4.18 Å². The molecule has 3 aromatic rings. The molecule has 1 aliphatic rings. The zero-order chi connectivity index (χ0) is 26.6. The molecule has 3 aromatic carbocycles. The molecule has 0 N–H and O–H groups in total. The van der Waals surface area contributed by atoms with Crippen molar-refractivity contribution in [3.05, 3.63) is 107 Å². The maximum atomic E-state index is 12.7. The van der Waals surface area contributed by atoms with Crippen LogP contribution in [0.1, 0.15) is 16.7 Å². The Labute approximate surface area is 219 Å². The van der Waals surface area contributed by atoms with Gasteiger partial charge in [0.1, 0.15) is 26.7 Å². The van der Waals surface area contributed by atoms with Crippen molar-refractivity contribution in [2.75, 3.05) is 0 Å². The number of thioether (sulfide) groups is 1. The Hall–Kier alpha value is -3.85. The Bertz CT molecular complexity index is 1680. The highest BCUT2D eigenvalue weighted by Gasteiger charge is 2.23. The average molecular weight is 553 g/mol. The summed E-state index contributed by atoms with van der Waals surface area (Å²) in [7, 11) is -8.42. The van der Waals surface area contributed by atoms with Gasteiger partial charge in [-0.25, -0.2) is 0 Å². The average Bonchev–Trinajstić information content (AvgIpc) is 3.33. The molecule has 0 amide bonds. The van der Waals surface area contributed by atoms with Gasteiger partial charge in [0, 0.05) is 5.57 Å². The van der Waals surface area contributed by atoms with Crippen LogP contribution in [0.4, 0.5) is 0 Å². The van der Waals surface area contributed by atoms with Crippen LogP contribution in [0.15, 0.2) is 105 Å². The number of allylic oxidation sites excluding steroid dienone is 2. The minimum absolute atomic E-state index is 0.0251. The van der Waals surface area contributed by atoms with Crippen molar-refractivity contribution in [1.82, 2.24) is 0 Å². The van der Waals surface area contributed by atoms with Gasteiger partial charge in [-0.05, 0) is 72.9 Å². The van der Waals surface area contributed by atoms with Gasteiger partial charge in [0.2, 0.25) is 0 Å². The van der Waals surface area contributed by atoms with Crippen molar-refractivity contribution < 1.29 is 25.3 Å². The van der Waals surface area contributed by atoms with Crippen molar-refractivity contribution in [2.45, 2.75) is 23.6 Å². The first-order valence-corrected chi connectivity index (χ1v) is 14.5. The fraction of sp³-hybridized carbons (Fsp3) is 0.0769. The van der Waals surface area contributed by atoms with E-state index < -0.39 is 20.2 Å². The lowest BCUT2D eigenvalue weighted by molar-refractivity contribution is 0.340. The maximum absolute atomic E-state index is 12.7. The fourth-order valence-corrected chi connectivity index (χ4v) is 5.76. The van der Waals surface area contributed by atoms with Crippen LogP contribution in [0.25, 0.3) is 5.57 Å². The molecule has 0 radical (unpaired) electrons. The highest BCUT2D eigenvalue weighted by molar-refractivity contribution is 8.17. The Morgan fingerprint density at radius 2 is 1.49 bits per heavy atom. The first-order valence-electron chi connectivity index (χ1n) is 10.8. The van der Waals surface area contributed by atoms with Crippen molar-refractivity contribution in [3.63, 3.8) is 0 Å². The van der Waals surface area contributed by atoms with Crippen molar-refractivity contribution in [3.8, 4) is 11.8 Å². The Morgan fingerprint density at radius 3 is 2.14 bits per heavy atom. The quantitative estimate of drug-likeness (QED) is 0.219. The van der Waals surface area contributed by atoms with Crippen LogP contribution in [-0.2, 0) is 24.5 Å². The van der Waals surface area contributed by atoms with E-state index in [4.69, 9.17) is 8.47 Å². The molecule has 1 aliphatic heterocycles. The maximum Gasteiger partial charge on any atom is 0.358 e. The van der Waals surface area contributed by atoms with Gasteiger partial charge < -0.3 is 4.18 Å². The summed E-state index contributed by atoms with van der Waals surface area (Å²) in [4.78, 5) is -0.277. The van der Waals surface area contributed by atoms with Crippen molar-refractivity contribution >= 4 is 42.6 Å². The Morgan fingerprint density at radius 1 is 0.865 bits per heavy atom. The molecule has 0 fully saturated rings. The van der Waals surface area contributed by atoms with Crippen LogP contribution in [-0.4, -0.2) is 21.9 Å². The number of nitrogens with zero attached hydrogens (tertiary/aromatic N) is 2. The van der Waals surface area contributed by atoms with Gasteiger partial charge in [-0.1, -0.05) is 58.9 Å². The second kappa shape index (κ2) is 10.6. The lowest BCUT2D eigenvalue weighted by Crippen LogP contribution is -2.10. The van der Waals surface area contributed by atoms with Crippen LogP contribution in [0.3, 0.4) is 0 Å². The lowest BCUT2D eigenvalue weighted by atomic mass is 9.97. The Balaban J connectivity index is 1.53. The third kappa shape index (κ3) is 5.94. The molecule has 37 heavy (non-hydrogen) atoms. The third-order valence-corrected chi connectivity index (χ3v) is 8.46. The van der Waals surface area contributed by atoms with E-state index in [2.05, 4.69) is 11.2 Å². The van der Waals surface area contributed by atoms with Gasteiger partial charge in [-0.2, -0.15) is 22.1 Å². The molecule has 0 bridgehead atoms. The second-order valence-corrected chi connectivity index (χ2v) is 11.9.